The maximum Gasteiger partial charge on any atom is 0.185 e. The number of nitrogens with one attached hydrogen (secondary N) is 1. The van der Waals surface area contributed by atoms with Crippen molar-refractivity contribution in [2.45, 2.75) is 0 Å². The van der Waals surface area contributed by atoms with E-state index in [2.05, 4.69) is 10.3 Å². The van der Waals surface area contributed by atoms with Gasteiger partial charge in [0.25, 0.3) is 0 Å². The maximum absolute atomic E-state index is 12.6. The fourth-order valence-electron chi connectivity index (χ4n) is 3.32. The lowest BCUT2D eigenvalue weighted by Gasteiger charge is -2.10. The van der Waals surface area contributed by atoms with Crippen molar-refractivity contribution in [3.8, 4) is 11.5 Å². The zero-order valence-electron chi connectivity index (χ0n) is 17.6. The molecule has 1 heterocycles. The molecule has 0 aliphatic carbocycles. The molecule has 160 valence electrons. The molecule has 0 bridgehead atoms. The molecule has 1 aromatic heterocycles. The van der Waals surface area contributed by atoms with Crippen LogP contribution in [0.15, 0.2) is 79.0 Å². The third kappa shape index (κ3) is 4.74. The Kier molecular flexibility index (Phi) is 6.38. The molecule has 3 aromatic carbocycles. The summed E-state index contributed by atoms with van der Waals surface area (Å²) in [4.78, 5) is 17.0. The van der Waals surface area contributed by atoms with Gasteiger partial charge in [-0.1, -0.05) is 11.6 Å². The molecule has 0 aliphatic heterocycles. The molecule has 6 heteroatoms. The van der Waals surface area contributed by atoms with Crippen LogP contribution in [0.5, 0.6) is 11.5 Å². The van der Waals surface area contributed by atoms with E-state index < -0.39 is 0 Å². The highest BCUT2D eigenvalue weighted by Gasteiger charge is 2.07. The van der Waals surface area contributed by atoms with Gasteiger partial charge in [0.15, 0.2) is 5.78 Å². The smallest absolute Gasteiger partial charge is 0.185 e. The summed E-state index contributed by atoms with van der Waals surface area (Å²) in [6, 6.07) is 20.3. The lowest BCUT2D eigenvalue weighted by atomic mass is 10.1. The molecular weight excluding hydrogens is 424 g/mol. The van der Waals surface area contributed by atoms with Crippen molar-refractivity contribution >= 4 is 45.7 Å². The standard InChI is InChI=1S/C26H21ClN2O3/c1-31-21-10-5-18(26(16-21)32-2)6-12-25(30)17-3-8-20(9-4-17)29-23-13-14-28-24-15-19(27)7-11-22(23)24/h3-16H,1-2H3,(H,28,29). The molecule has 0 spiro atoms. The van der Waals surface area contributed by atoms with Gasteiger partial charge in [0.2, 0.25) is 0 Å². The topological polar surface area (TPSA) is 60.5 Å². The summed E-state index contributed by atoms with van der Waals surface area (Å²) in [6.07, 6.45) is 5.00. The number of ketones is 1. The summed E-state index contributed by atoms with van der Waals surface area (Å²) in [5.41, 5.74) is 3.98. The molecule has 5 nitrogen and oxygen atoms in total. The monoisotopic (exact) mass is 444 g/mol. The van der Waals surface area contributed by atoms with Crippen molar-refractivity contribution in [1.29, 1.82) is 0 Å². The molecule has 0 fully saturated rings. The van der Waals surface area contributed by atoms with E-state index in [0.717, 1.165) is 27.8 Å². The largest absolute Gasteiger partial charge is 0.497 e. The lowest BCUT2D eigenvalue weighted by Crippen LogP contribution is -1.97. The van der Waals surface area contributed by atoms with Crippen LogP contribution in [0.1, 0.15) is 15.9 Å². The number of hydrogen-bond donors (Lipinski definition) is 1. The van der Waals surface area contributed by atoms with Crippen molar-refractivity contribution in [3.05, 3.63) is 95.2 Å². The number of carbonyl (C=O) groups is 1. The zero-order chi connectivity index (χ0) is 22.5. The SMILES string of the molecule is COc1ccc(C=CC(=O)c2ccc(Nc3ccnc4cc(Cl)ccc34)cc2)c(OC)c1. The van der Waals surface area contributed by atoms with Gasteiger partial charge in [0.05, 0.1) is 19.7 Å². The Morgan fingerprint density at radius 3 is 2.53 bits per heavy atom. The van der Waals surface area contributed by atoms with Crippen LogP contribution in [0.3, 0.4) is 0 Å². The fraction of sp³-hybridized carbons (Fsp3) is 0.0769. The Hall–Kier alpha value is -3.83. The van der Waals surface area contributed by atoms with Gasteiger partial charge < -0.3 is 14.8 Å². The van der Waals surface area contributed by atoms with Crippen LogP contribution in [-0.4, -0.2) is 25.0 Å². The van der Waals surface area contributed by atoms with Crippen LogP contribution in [0, 0.1) is 0 Å². The minimum atomic E-state index is -0.0987. The Labute approximate surface area is 191 Å². The summed E-state index contributed by atoms with van der Waals surface area (Å²) in [5, 5.41) is 4.99. The Balaban J connectivity index is 1.49. The van der Waals surface area contributed by atoms with Gasteiger partial charge in [-0.3, -0.25) is 9.78 Å². The molecule has 0 radical (unpaired) electrons. The molecule has 0 saturated heterocycles. The van der Waals surface area contributed by atoms with E-state index in [9.17, 15) is 4.79 Å². The first-order chi connectivity index (χ1) is 15.6. The minimum Gasteiger partial charge on any atom is -0.497 e. The molecule has 0 unspecified atom stereocenters. The molecule has 0 saturated carbocycles. The summed E-state index contributed by atoms with van der Waals surface area (Å²) < 4.78 is 10.6. The second kappa shape index (κ2) is 9.54. The van der Waals surface area contributed by atoms with Crippen LogP contribution < -0.4 is 14.8 Å². The number of ether oxygens (including phenoxy) is 2. The number of nitrogens with zero attached hydrogens (tertiary/aromatic N) is 1. The summed E-state index contributed by atoms with van der Waals surface area (Å²) >= 11 is 6.06. The first-order valence-electron chi connectivity index (χ1n) is 9.93. The molecule has 0 amide bonds. The predicted octanol–water partition coefficient (Wildman–Crippen LogP) is 6.55. The first kappa shape index (κ1) is 21.4. The Morgan fingerprint density at radius 1 is 0.969 bits per heavy atom. The van der Waals surface area contributed by atoms with Gasteiger partial charge >= 0.3 is 0 Å². The Bertz CT molecular complexity index is 1300. The molecule has 0 atom stereocenters. The van der Waals surface area contributed by atoms with Crippen LogP contribution >= 0.6 is 11.6 Å². The van der Waals surface area contributed by atoms with E-state index in [-0.39, 0.29) is 5.78 Å². The van der Waals surface area contributed by atoms with Crippen molar-refractivity contribution in [1.82, 2.24) is 4.98 Å². The molecule has 4 aromatic rings. The molecule has 4 rings (SSSR count). The van der Waals surface area contributed by atoms with Gasteiger partial charge in [-0.05, 0) is 72.8 Å². The first-order valence-corrected chi connectivity index (χ1v) is 10.3. The molecule has 32 heavy (non-hydrogen) atoms. The molecule has 0 aliphatic rings. The number of aromatic nitrogens is 1. The Morgan fingerprint density at radius 2 is 1.78 bits per heavy atom. The van der Waals surface area contributed by atoms with Gasteiger partial charge in [-0.15, -0.1) is 0 Å². The van der Waals surface area contributed by atoms with E-state index in [1.165, 1.54) is 6.08 Å². The second-order valence-electron chi connectivity index (χ2n) is 7.03. The highest BCUT2D eigenvalue weighted by atomic mass is 35.5. The van der Waals surface area contributed by atoms with Gasteiger partial charge in [0.1, 0.15) is 11.5 Å². The van der Waals surface area contributed by atoms with Crippen molar-refractivity contribution in [2.75, 3.05) is 19.5 Å². The maximum atomic E-state index is 12.6. The summed E-state index contributed by atoms with van der Waals surface area (Å²) in [6.45, 7) is 0. The molecule has 1 N–H and O–H groups in total. The van der Waals surface area contributed by atoms with E-state index in [0.29, 0.717) is 22.1 Å². The van der Waals surface area contributed by atoms with Crippen LogP contribution in [0.25, 0.3) is 17.0 Å². The van der Waals surface area contributed by atoms with Crippen LogP contribution in [0.2, 0.25) is 5.02 Å². The number of halogens is 1. The number of fused-ring (bicyclic) bond motifs is 1. The normalized spacial score (nSPS) is 11.0. The van der Waals surface area contributed by atoms with Crippen molar-refractivity contribution < 1.29 is 14.3 Å². The second-order valence-corrected chi connectivity index (χ2v) is 7.46. The van der Waals surface area contributed by atoms with Crippen LogP contribution in [0.4, 0.5) is 11.4 Å². The van der Waals surface area contributed by atoms with E-state index >= 15 is 0 Å². The number of pyridine rings is 1. The third-order valence-corrected chi connectivity index (χ3v) is 5.24. The number of hydrogen-bond acceptors (Lipinski definition) is 5. The van der Waals surface area contributed by atoms with Crippen molar-refractivity contribution in [3.63, 3.8) is 0 Å². The van der Waals surface area contributed by atoms with Gasteiger partial charge in [0, 0.05) is 45.2 Å². The average molecular weight is 445 g/mol. The van der Waals surface area contributed by atoms with E-state index in [1.807, 2.05) is 48.5 Å². The quantitative estimate of drug-likeness (QED) is 0.259. The number of carbonyl (C=O) groups excluding carboxylic acids is 1. The van der Waals surface area contributed by atoms with Gasteiger partial charge in [-0.2, -0.15) is 0 Å². The predicted molar refractivity (Wildman–Crippen MR) is 129 cm³/mol. The summed E-state index contributed by atoms with van der Waals surface area (Å²) in [7, 11) is 3.18. The highest BCUT2D eigenvalue weighted by Crippen LogP contribution is 2.28. The average Bonchev–Trinajstić information content (AvgIpc) is 2.82. The lowest BCUT2D eigenvalue weighted by molar-refractivity contribution is 0.104. The van der Waals surface area contributed by atoms with E-state index in [1.54, 1.807) is 44.7 Å². The highest BCUT2D eigenvalue weighted by molar-refractivity contribution is 6.31. The number of rotatable bonds is 7. The van der Waals surface area contributed by atoms with Crippen molar-refractivity contribution in [2.24, 2.45) is 0 Å². The third-order valence-electron chi connectivity index (χ3n) is 5.01. The van der Waals surface area contributed by atoms with E-state index in [4.69, 9.17) is 21.1 Å². The fourth-order valence-corrected chi connectivity index (χ4v) is 3.49. The minimum absolute atomic E-state index is 0.0987. The number of anilines is 2. The van der Waals surface area contributed by atoms with Crippen LogP contribution in [-0.2, 0) is 0 Å². The number of methoxy groups -OCH3 is 2. The number of allylic oxidation sites excluding steroid dienone is 1. The van der Waals surface area contributed by atoms with Gasteiger partial charge in [-0.25, -0.2) is 0 Å². The number of benzene rings is 3. The summed E-state index contributed by atoms with van der Waals surface area (Å²) in [5.74, 6) is 1.23. The molecular formula is C26H21ClN2O3. The zero-order valence-corrected chi connectivity index (χ0v) is 18.4.